The maximum atomic E-state index is 9.89. The molecule has 0 fully saturated rings. The Labute approximate surface area is 158 Å². The third-order valence-corrected chi connectivity index (χ3v) is 4.86. The van der Waals surface area contributed by atoms with Crippen molar-refractivity contribution in [3.63, 3.8) is 0 Å². The SMILES string of the molecule is Cc1ccc(C2c3ccc(O)cc3Oc3ncn(CC(C)C)c(=N)c32)cc1. The van der Waals surface area contributed by atoms with Crippen LogP contribution in [0.4, 0.5) is 0 Å². The Hall–Kier alpha value is -3.08. The van der Waals surface area contributed by atoms with E-state index >= 15 is 0 Å². The van der Waals surface area contributed by atoms with Crippen molar-refractivity contribution in [3.05, 3.63) is 76.5 Å². The van der Waals surface area contributed by atoms with Gasteiger partial charge in [-0.3, -0.25) is 5.41 Å². The number of nitrogens with one attached hydrogen (secondary N) is 1. The van der Waals surface area contributed by atoms with Gasteiger partial charge in [-0.15, -0.1) is 0 Å². The van der Waals surface area contributed by atoms with Crippen molar-refractivity contribution in [2.75, 3.05) is 0 Å². The second kappa shape index (κ2) is 6.58. The normalized spacial score (nSPS) is 15.2. The smallest absolute Gasteiger partial charge is 0.228 e. The van der Waals surface area contributed by atoms with Gasteiger partial charge >= 0.3 is 0 Å². The molecule has 138 valence electrons. The highest BCUT2D eigenvalue weighted by molar-refractivity contribution is 5.57. The summed E-state index contributed by atoms with van der Waals surface area (Å²) in [5.41, 5.74) is 4.37. The van der Waals surface area contributed by atoms with Gasteiger partial charge in [0.15, 0.2) is 0 Å². The molecule has 1 unspecified atom stereocenters. The first-order valence-electron chi connectivity index (χ1n) is 9.15. The van der Waals surface area contributed by atoms with E-state index in [1.54, 1.807) is 18.5 Å². The van der Waals surface area contributed by atoms with Crippen LogP contribution in [0.3, 0.4) is 0 Å². The predicted molar refractivity (Wildman–Crippen MR) is 103 cm³/mol. The number of fused-ring (bicyclic) bond motifs is 2. The average Bonchev–Trinajstić information content (AvgIpc) is 2.63. The molecule has 2 N–H and O–H groups in total. The average molecular weight is 361 g/mol. The van der Waals surface area contributed by atoms with Crippen molar-refractivity contribution in [1.29, 1.82) is 5.41 Å². The van der Waals surface area contributed by atoms with Gasteiger partial charge in [-0.05, 0) is 24.5 Å². The maximum Gasteiger partial charge on any atom is 0.228 e. The molecule has 5 heteroatoms. The van der Waals surface area contributed by atoms with E-state index in [9.17, 15) is 5.11 Å². The number of ether oxygens (including phenoxy) is 1. The number of aromatic hydroxyl groups is 1. The van der Waals surface area contributed by atoms with E-state index < -0.39 is 0 Å². The molecule has 2 heterocycles. The molecular formula is C22H23N3O2. The lowest BCUT2D eigenvalue weighted by Gasteiger charge is -2.29. The molecule has 27 heavy (non-hydrogen) atoms. The predicted octanol–water partition coefficient (Wildman–Crippen LogP) is 4.32. The fourth-order valence-electron chi connectivity index (χ4n) is 3.59. The van der Waals surface area contributed by atoms with Gasteiger partial charge < -0.3 is 14.4 Å². The number of phenols is 1. The van der Waals surface area contributed by atoms with Crippen LogP contribution >= 0.6 is 0 Å². The van der Waals surface area contributed by atoms with Gasteiger partial charge in [0, 0.05) is 24.1 Å². The summed E-state index contributed by atoms with van der Waals surface area (Å²) >= 11 is 0. The lowest BCUT2D eigenvalue weighted by Crippen LogP contribution is -2.30. The van der Waals surface area contributed by atoms with Gasteiger partial charge in [0.1, 0.15) is 23.3 Å². The molecule has 5 nitrogen and oxygen atoms in total. The first-order chi connectivity index (χ1) is 12.9. The molecule has 1 aromatic heterocycles. The van der Waals surface area contributed by atoms with Gasteiger partial charge in [-0.1, -0.05) is 49.7 Å². The van der Waals surface area contributed by atoms with E-state index in [1.165, 1.54) is 5.56 Å². The Morgan fingerprint density at radius 3 is 2.63 bits per heavy atom. The van der Waals surface area contributed by atoms with Crippen molar-refractivity contribution in [1.82, 2.24) is 9.55 Å². The van der Waals surface area contributed by atoms with Crippen LogP contribution in [0.15, 0.2) is 48.8 Å². The minimum atomic E-state index is -0.162. The Morgan fingerprint density at radius 1 is 1.19 bits per heavy atom. The van der Waals surface area contributed by atoms with E-state index in [4.69, 9.17) is 10.1 Å². The Kier molecular flexibility index (Phi) is 4.22. The number of phenolic OH excluding ortho intramolecular Hbond substituents is 1. The van der Waals surface area contributed by atoms with Gasteiger partial charge in [0.2, 0.25) is 5.88 Å². The molecule has 2 aromatic carbocycles. The monoisotopic (exact) mass is 361 g/mol. The summed E-state index contributed by atoms with van der Waals surface area (Å²) in [6, 6.07) is 13.5. The quantitative estimate of drug-likeness (QED) is 0.571. The number of nitrogens with zero attached hydrogens (tertiary/aromatic N) is 2. The molecule has 0 bridgehead atoms. The summed E-state index contributed by atoms with van der Waals surface area (Å²) in [6.07, 6.45) is 1.67. The Balaban J connectivity index is 1.96. The van der Waals surface area contributed by atoms with Gasteiger partial charge in [0.05, 0.1) is 5.56 Å². The van der Waals surface area contributed by atoms with Crippen molar-refractivity contribution in [3.8, 4) is 17.4 Å². The van der Waals surface area contributed by atoms with Crippen LogP contribution < -0.4 is 10.2 Å². The van der Waals surface area contributed by atoms with Crippen molar-refractivity contribution >= 4 is 0 Å². The number of hydrogen-bond donors (Lipinski definition) is 2. The van der Waals surface area contributed by atoms with E-state index in [1.807, 2.05) is 10.6 Å². The molecular weight excluding hydrogens is 338 g/mol. The number of aryl methyl sites for hydroxylation is 1. The molecule has 0 radical (unpaired) electrons. The highest BCUT2D eigenvalue weighted by Gasteiger charge is 2.32. The molecule has 0 amide bonds. The minimum Gasteiger partial charge on any atom is -0.508 e. The zero-order chi connectivity index (χ0) is 19.1. The van der Waals surface area contributed by atoms with Crippen LogP contribution in [-0.2, 0) is 6.54 Å². The highest BCUT2D eigenvalue weighted by Crippen LogP contribution is 2.45. The van der Waals surface area contributed by atoms with Gasteiger partial charge in [-0.2, -0.15) is 0 Å². The first-order valence-corrected chi connectivity index (χ1v) is 9.15. The Bertz CT molecular complexity index is 1050. The zero-order valence-corrected chi connectivity index (χ0v) is 15.7. The molecule has 0 aliphatic carbocycles. The maximum absolute atomic E-state index is 9.89. The van der Waals surface area contributed by atoms with Crippen LogP contribution in [-0.4, -0.2) is 14.7 Å². The third kappa shape index (κ3) is 3.10. The third-order valence-electron chi connectivity index (χ3n) is 4.86. The van der Waals surface area contributed by atoms with E-state index in [2.05, 4.69) is 50.0 Å². The summed E-state index contributed by atoms with van der Waals surface area (Å²) in [6.45, 7) is 7.03. The minimum absolute atomic E-state index is 0.150. The summed E-state index contributed by atoms with van der Waals surface area (Å²) in [5, 5.41) is 18.7. The van der Waals surface area contributed by atoms with Crippen LogP contribution in [0.1, 0.15) is 42.0 Å². The van der Waals surface area contributed by atoms with E-state index in [0.717, 1.165) is 23.2 Å². The molecule has 3 aromatic rings. The summed E-state index contributed by atoms with van der Waals surface area (Å²) in [7, 11) is 0. The van der Waals surface area contributed by atoms with Crippen molar-refractivity contribution in [2.24, 2.45) is 5.92 Å². The lowest BCUT2D eigenvalue weighted by atomic mass is 9.83. The topological polar surface area (TPSA) is 71.1 Å². The van der Waals surface area contributed by atoms with Crippen LogP contribution in [0.2, 0.25) is 0 Å². The molecule has 1 atom stereocenters. The number of benzene rings is 2. The molecule has 1 aliphatic heterocycles. The summed E-state index contributed by atoms with van der Waals surface area (Å²) < 4.78 is 7.84. The fourth-order valence-corrected chi connectivity index (χ4v) is 3.59. The molecule has 1 aliphatic rings. The Morgan fingerprint density at radius 2 is 1.93 bits per heavy atom. The van der Waals surface area contributed by atoms with Crippen LogP contribution in [0, 0.1) is 18.3 Å². The highest BCUT2D eigenvalue weighted by atomic mass is 16.5. The van der Waals surface area contributed by atoms with Crippen molar-refractivity contribution in [2.45, 2.75) is 33.2 Å². The number of rotatable bonds is 3. The lowest BCUT2D eigenvalue weighted by molar-refractivity contribution is 0.407. The van der Waals surface area contributed by atoms with Gasteiger partial charge in [0.25, 0.3) is 0 Å². The second-order valence-corrected chi connectivity index (χ2v) is 7.53. The molecule has 0 saturated carbocycles. The number of hydrogen-bond acceptors (Lipinski definition) is 4. The summed E-state index contributed by atoms with van der Waals surface area (Å²) in [5.74, 6) is 1.41. The largest absolute Gasteiger partial charge is 0.508 e. The zero-order valence-electron chi connectivity index (χ0n) is 15.7. The van der Waals surface area contributed by atoms with E-state index in [-0.39, 0.29) is 11.7 Å². The molecule has 0 saturated heterocycles. The van der Waals surface area contributed by atoms with Crippen LogP contribution in [0.5, 0.6) is 17.4 Å². The fraction of sp³-hybridized carbons (Fsp3) is 0.273. The number of aromatic nitrogens is 2. The van der Waals surface area contributed by atoms with Gasteiger partial charge in [-0.25, -0.2) is 4.98 Å². The second-order valence-electron chi connectivity index (χ2n) is 7.53. The first kappa shape index (κ1) is 17.3. The molecule has 0 spiro atoms. The van der Waals surface area contributed by atoms with Crippen molar-refractivity contribution < 1.29 is 9.84 Å². The standard InChI is InChI=1S/C22H23N3O2/c1-13(2)11-25-12-24-22-20(21(25)23)19(15-6-4-14(3)5-7-15)17-9-8-16(26)10-18(17)27-22/h4-10,12-13,19,23,26H,11H2,1-3H3. The molecule has 4 rings (SSSR count). The summed E-state index contributed by atoms with van der Waals surface area (Å²) in [4.78, 5) is 4.49. The van der Waals surface area contributed by atoms with E-state index in [0.29, 0.717) is 23.0 Å². The van der Waals surface area contributed by atoms with Crippen LogP contribution in [0.25, 0.3) is 0 Å².